The molecule has 1 nitrogen and oxygen atoms in total. The first-order valence-electron chi connectivity index (χ1n) is 7.91. The van der Waals surface area contributed by atoms with Crippen molar-refractivity contribution in [1.82, 2.24) is 0 Å². The summed E-state index contributed by atoms with van der Waals surface area (Å²) in [6, 6.07) is 11.1. The van der Waals surface area contributed by atoms with Gasteiger partial charge in [0.1, 0.15) is 5.82 Å². The fourth-order valence-corrected chi connectivity index (χ4v) is 2.26. The molecule has 0 aliphatic carbocycles. The van der Waals surface area contributed by atoms with Gasteiger partial charge in [-0.3, -0.25) is 0 Å². The zero-order valence-electron chi connectivity index (χ0n) is 14.6. The molecule has 0 radical (unpaired) electrons. The summed E-state index contributed by atoms with van der Waals surface area (Å²) in [5, 5.41) is 0. The Morgan fingerprint density at radius 3 is 2.18 bits per heavy atom. The third-order valence-corrected chi connectivity index (χ3v) is 3.70. The monoisotopic (exact) mass is 301 g/mol. The van der Waals surface area contributed by atoms with Crippen molar-refractivity contribution >= 4 is 5.69 Å². The second-order valence-corrected chi connectivity index (χ2v) is 6.41. The van der Waals surface area contributed by atoms with Crippen LogP contribution >= 0.6 is 0 Å². The van der Waals surface area contributed by atoms with E-state index in [1.165, 1.54) is 28.8 Å². The van der Waals surface area contributed by atoms with Crippen LogP contribution in [0.4, 0.5) is 10.1 Å². The Hall–Kier alpha value is -1.83. The summed E-state index contributed by atoms with van der Waals surface area (Å²) in [4.78, 5) is 0. The number of aryl methyl sites for hydroxylation is 1. The minimum atomic E-state index is -0.237. The van der Waals surface area contributed by atoms with E-state index in [9.17, 15) is 4.39 Å². The molecule has 0 aliphatic heterocycles. The van der Waals surface area contributed by atoms with Gasteiger partial charge in [-0.15, -0.1) is 0 Å². The lowest BCUT2D eigenvalue weighted by Crippen LogP contribution is -2.12. The Morgan fingerprint density at radius 2 is 1.59 bits per heavy atom. The van der Waals surface area contributed by atoms with E-state index in [2.05, 4.69) is 45.9 Å². The first kappa shape index (κ1) is 18.2. The second-order valence-electron chi connectivity index (χ2n) is 6.41. The van der Waals surface area contributed by atoms with Gasteiger partial charge < -0.3 is 5.73 Å². The van der Waals surface area contributed by atoms with Crippen LogP contribution in [0.1, 0.15) is 56.9 Å². The second kappa shape index (κ2) is 7.44. The topological polar surface area (TPSA) is 26.0 Å². The van der Waals surface area contributed by atoms with E-state index in [1.54, 1.807) is 6.07 Å². The predicted octanol–water partition coefficient (Wildman–Crippen LogP) is 5.63. The lowest BCUT2D eigenvalue weighted by Gasteiger charge is -2.21. The number of hydrogen-bond acceptors (Lipinski definition) is 1. The molecule has 2 aromatic carbocycles. The largest absolute Gasteiger partial charge is 0.398 e. The molecular formula is C20H28FN. The molecule has 0 spiro atoms. The van der Waals surface area contributed by atoms with E-state index in [0.717, 1.165) is 5.56 Å². The summed E-state index contributed by atoms with van der Waals surface area (Å²) in [5.74, 6) is -0.237. The van der Waals surface area contributed by atoms with Crippen LogP contribution in [0.15, 0.2) is 36.4 Å². The van der Waals surface area contributed by atoms with Crippen LogP contribution in [0.3, 0.4) is 0 Å². The van der Waals surface area contributed by atoms with Gasteiger partial charge in [0.2, 0.25) is 0 Å². The summed E-state index contributed by atoms with van der Waals surface area (Å²) in [6.07, 6.45) is 0.666. The molecule has 0 bridgehead atoms. The molecule has 0 amide bonds. The third kappa shape index (κ3) is 4.59. The van der Waals surface area contributed by atoms with Gasteiger partial charge in [0.25, 0.3) is 0 Å². The Morgan fingerprint density at radius 1 is 0.955 bits per heavy atom. The van der Waals surface area contributed by atoms with Gasteiger partial charge in [0.05, 0.1) is 0 Å². The van der Waals surface area contributed by atoms with E-state index in [1.807, 2.05) is 13.8 Å². The molecular weight excluding hydrogens is 273 g/mol. The number of anilines is 1. The molecule has 0 aromatic heterocycles. The van der Waals surface area contributed by atoms with Crippen molar-refractivity contribution in [3.8, 4) is 0 Å². The molecule has 2 rings (SSSR count). The average molecular weight is 301 g/mol. The standard InChI is InChI=1S/C18H22FN.C2H6/c1-12-5-6-15(18(2,3)4)10-13(12)9-14-11-16(19)7-8-17(14)20;1-2/h5-8,10-11H,9,20H2,1-4H3;1-2H3. The first-order chi connectivity index (χ1) is 10.3. The van der Waals surface area contributed by atoms with Crippen LogP contribution in [-0.4, -0.2) is 0 Å². The number of nitrogen functional groups attached to an aromatic ring is 1. The van der Waals surface area contributed by atoms with Gasteiger partial charge in [-0.05, 0) is 59.2 Å². The normalized spacial score (nSPS) is 10.9. The number of nitrogens with two attached hydrogens (primary N) is 1. The van der Waals surface area contributed by atoms with Gasteiger partial charge in [-0.1, -0.05) is 52.8 Å². The molecule has 0 unspecified atom stereocenters. The lowest BCUT2D eigenvalue weighted by atomic mass is 9.84. The fourth-order valence-electron chi connectivity index (χ4n) is 2.26. The summed E-state index contributed by atoms with van der Waals surface area (Å²) >= 11 is 0. The Balaban J connectivity index is 0.00000116. The number of benzene rings is 2. The molecule has 22 heavy (non-hydrogen) atoms. The molecule has 0 heterocycles. The SMILES string of the molecule is CC.Cc1ccc(C(C)(C)C)cc1Cc1cc(F)ccc1N. The molecule has 0 aliphatic rings. The minimum absolute atomic E-state index is 0.107. The van der Waals surface area contributed by atoms with E-state index in [4.69, 9.17) is 5.73 Å². The van der Waals surface area contributed by atoms with Crippen molar-refractivity contribution in [3.05, 3.63) is 64.5 Å². The van der Waals surface area contributed by atoms with Gasteiger partial charge in [0, 0.05) is 5.69 Å². The maximum absolute atomic E-state index is 13.4. The van der Waals surface area contributed by atoms with Crippen molar-refractivity contribution in [2.75, 3.05) is 5.73 Å². The van der Waals surface area contributed by atoms with E-state index in [0.29, 0.717) is 12.1 Å². The smallest absolute Gasteiger partial charge is 0.123 e. The van der Waals surface area contributed by atoms with Crippen molar-refractivity contribution in [3.63, 3.8) is 0 Å². The van der Waals surface area contributed by atoms with Gasteiger partial charge in [0.15, 0.2) is 0 Å². The number of rotatable bonds is 2. The Labute approximate surface area is 134 Å². The molecule has 2 N–H and O–H groups in total. The zero-order chi connectivity index (χ0) is 16.9. The van der Waals surface area contributed by atoms with Crippen molar-refractivity contribution in [1.29, 1.82) is 0 Å². The van der Waals surface area contributed by atoms with Crippen molar-refractivity contribution < 1.29 is 4.39 Å². The maximum Gasteiger partial charge on any atom is 0.123 e. The molecule has 0 atom stereocenters. The predicted molar refractivity (Wildman–Crippen MR) is 94.8 cm³/mol. The number of hydrogen-bond donors (Lipinski definition) is 1. The van der Waals surface area contributed by atoms with Gasteiger partial charge >= 0.3 is 0 Å². The highest BCUT2D eigenvalue weighted by atomic mass is 19.1. The highest BCUT2D eigenvalue weighted by molar-refractivity contribution is 5.50. The summed E-state index contributed by atoms with van der Waals surface area (Å²) in [5.41, 5.74) is 11.2. The fraction of sp³-hybridized carbons (Fsp3) is 0.400. The van der Waals surface area contributed by atoms with Crippen LogP contribution in [0.2, 0.25) is 0 Å². The number of halogens is 1. The van der Waals surface area contributed by atoms with Crippen molar-refractivity contribution in [2.24, 2.45) is 0 Å². The van der Waals surface area contributed by atoms with Crippen molar-refractivity contribution in [2.45, 2.75) is 53.4 Å². The Bertz CT molecular complexity index is 624. The van der Waals surface area contributed by atoms with Crippen LogP contribution in [0.25, 0.3) is 0 Å². The Kier molecular flexibility index (Phi) is 6.16. The average Bonchev–Trinajstić information content (AvgIpc) is 2.46. The highest BCUT2D eigenvalue weighted by Gasteiger charge is 2.15. The minimum Gasteiger partial charge on any atom is -0.398 e. The summed E-state index contributed by atoms with van der Waals surface area (Å²) < 4.78 is 13.4. The van der Waals surface area contributed by atoms with Crippen LogP contribution in [0, 0.1) is 12.7 Å². The highest BCUT2D eigenvalue weighted by Crippen LogP contribution is 2.27. The molecule has 0 fully saturated rings. The van der Waals surface area contributed by atoms with Crippen LogP contribution < -0.4 is 5.73 Å². The maximum atomic E-state index is 13.4. The van der Waals surface area contributed by atoms with E-state index in [-0.39, 0.29) is 11.2 Å². The molecule has 2 aromatic rings. The first-order valence-corrected chi connectivity index (χ1v) is 7.91. The summed E-state index contributed by atoms with van der Waals surface area (Å²) in [7, 11) is 0. The van der Waals surface area contributed by atoms with Gasteiger partial charge in [-0.25, -0.2) is 4.39 Å². The van der Waals surface area contributed by atoms with E-state index >= 15 is 0 Å². The zero-order valence-corrected chi connectivity index (χ0v) is 14.6. The lowest BCUT2D eigenvalue weighted by molar-refractivity contribution is 0.589. The summed E-state index contributed by atoms with van der Waals surface area (Å²) in [6.45, 7) is 12.7. The van der Waals surface area contributed by atoms with Crippen LogP contribution in [-0.2, 0) is 11.8 Å². The molecule has 120 valence electrons. The van der Waals surface area contributed by atoms with Crippen LogP contribution in [0.5, 0.6) is 0 Å². The molecule has 0 saturated heterocycles. The van der Waals surface area contributed by atoms with Gasteiger partial charge in [-0.2, -0.15) is 0 Å². The van der Waals surface area contributed by atoms with E-state index < -0.39 is 0 Å². The molecule has 0 saturated carbocycles. The quantitative estimate of drug-likeness (QED) is 0.715. The third-order valence-electron chi connectivity index (χ3n) is 3.70. The molecule has 2 heteroatoms.